The van der Waals surface area contributed by atoms with Crippen molar-refractivity contribution in [3.8, 4) is 11.5 Å². The largest absolute Gasteiger partial charge is 0.508 e. The third-order valence-corrected chi connectivity index (χ3v) is 13.1. The molecule has 18 N–H and O–H groups in total. The van der Waals surface area contributed by atoms with Crippen LogP contribution in [-0.4, -0.2) is 162 Å². The number of primary amides is 1. The number of hydrogen-bond donors (Lipinski definition) is 16. The van der Waals surface area contributed by atoms with Gasteiger partial charge in [-0.2, -0.15) is 0 Å². The number of phenolic OH excluding ortho intramolecular Hbond substituents is 2. The number of phenols is 2. The molecule has 3 aromatic rings. The summed E-state index contributed by atoms with van der Waals surface area (Å²) < 4.78 is 0. The van der Waals surface area contributed by atoms with Crippen molar-refractivity contribution in [2.75, 3.05) is 0 Å². The number of nitrogens with zero attached hydrogens (tertiary/aromatic N) is 1. The summed E-state index contributed by atoms with van der Waals surface area (Å²) in [5, 5.41) is 63.3. The third kappa shape index (κ3) is 23.7. The fraction of sp³-hybridized carbons (Fsp3) is 0.536. The maximum atomic E-state index is 14.8. The van der Waals surface area contributed by atoms with Crippen LogP contribution in [0.4, 0.5) is 0 Å². The molecule has 2 aromatic carbocycles. The second-order valence-corrected chi connectivity index (χ2v) is 22.0. The number of carboxylic acids is 1. The Hall–Kier alpha value is -8.66. The van der Waals surface area contributed by atoms with Crippen molar-refractivity contribution in [2.24, 2.45) is 29.2 Å². The van der Waals surface area contributed by atoms with Crippen molar-refractivity contribution in [1.82, 2.24) is 57.8 Å². The van der Waals surface area contributed by atoms with Crippen molar-refractivity contribution in [3.63, 3.8) is 0 Å². The van der Waals surface area contributed by atoms with Crippen molar-refractivity contribution >= 4 is 65.0 Å². The van der Waals surface area contributed by atoms with Gasteiger partial charge in [0.25, 0.3) is 0 Å². The van der Waals surface area contributed by atoms with Gasteiger partial charge in [0.05, 0.1) is 18.5 Å². The number of aliphatic hydroxyl groups is 1. The van der Waals surface area contributed by atoms with Gasteiger partial charge in [-0.05, 0) is 93.2 Å². The van der Waals surface area contributed by atoms with E-state index in [0.717, 1.165) is 0 Å². The molecule has 28 nitrogen and oxygen atoms in total. The van der Waals surface area contributed by atoms with E-state index in [-0.39, 0.29) is 68.3 Å². The number of amides is 10. The lowest BCUT2D eigenvalue weighted by Gasteiger charge is -2.29. The van der Waals surface area contributed by atoms with Crippen LogP contribution in [0.3, 0.4) is 0 Å². The fourth-order valence-electron chi connectivity index (χ4n) is 8.39. The maximum Gasteiger partial charge on any atom is 0.325 e. The Morgan fingerprint density at radius 2 is 0.893 bits per heavy atom. The normalized spacial score (nSPS) is 15.2. The molecular weight excluding hydrogens is 1090 g/mol. The highest BCUT2D eigenvalue weighted by atomic mass is 16.4. The number of aliphatic hydroxyl groups excluding tert-OH is 1. The molecule has 0 radical (unpaired) electrons. The Kier molecular flexibility index (Phi) is 27.7. The number of aromatic nitrogens is 2. The van der Waals surface area contributed by atoms with Crippen molar-refractivity contribution in [2.45, 2.75) is 174 Å². The highest BCUT2D eigenvalue weighted by Crippen LogP contribution is 2.16. The van der Waals surface area contributed by atoms with Gasteiger partial charge in [0, 0.05) is 37.6 Å². The van der Waals surface area contributed by atoms with E-state index in [0.29, 0.717) is 16.8 Å². The number of aromatic hydroxyl groups is 2. The number of carbonyl (C=O) groups is 11. The Morgan fingerprint density at radius 1 is 0.500 bits per heavy atom. The lowest BCUT2D eigenvalue weighted by atomic mass is 9.98. The first-order valence-electron chi connectivity index (χ1n) is 27.6. The number of hydrogen-bond acceptors (Lipinski definition) is 16. The molecule has 84 heavy (non-hydrogen) atoms. The predicted molar refractivity (Wildman–Crippen MR) is 304 cm³/mol. The van der Waals surface area contributed by atoms with Gasteiger partial charge in [0.1, 0.15) is 65.9 Å². The Morgan fingerprint density at radius 3 is 1.32 bits per heavy atom. The van der Waals surface area contributed by atoms with Crippen molar-refractivity contribution in [1.29, 1.82) is 0 Å². The molecular formula is C56H83N13O15. The maximum absolute atomic E-state index is 14.8. The number of nitrogens with one attached hydrogen (secondary N) is 10. The van der Waals surface area contributed by atoms with Gasteiger partial charge in [-0.3, -0.25) is 52.7 Å². The molecule has 10 amide bonds. The summed E-state index contributed by atoms with van der Waals surface area (Å²) in [7, 11) is 0. The van der Waals surface area contributed by atoms with E-state index in [1.165, 1.54) is 81.8 Å². The van der Waals surface area contributed by atoms with Crippen LogP contribution in [0.5, 0.6) is 11.5 Å². The second kappa shape index (κ2) is 33.4. The number of carboxylic acid groups (broad SMARTS) is 1. The molecule has 28 heteroatoms. The first-order valence-corrected chi connectivity index (χ1v) is 27.6. The molecule has 11 atom stereocenters. The monoisotopic (exact) mass is 1180 g/mol. The topological polar surface area (TPSA) is 458 Å². The lowest BCUT2D eigenvalue weighted by molar-refractivity contribution is -0.141. The van der Waals surface area contributed by atoms with Crippen LogP contribution in [-0.2, 0) is 72.0 Å². The average molecular weight is 1180 g/mol. The smallest absolute Gasteiger partial charge is 0.325 e. The van der Waals surface area contributed by atoms with E-state index in [9.17, 15) is 73.2 Å². The zero-order chi connectivity index (χ0) is 63.1. The van der Waals surface area contributed by atoms with Gasteiger partial charge in [-0.15, -0.1) is 0 Å². The summed E-state index contributed by atoms with van der Waals surface area (Å²) in [6, 6.07) is -2.72. The Labute approximate surface area is 487 Å². The van der Waals surface area contributed by atoms with E-state index in [4.69, 9.17) is 11.5 Å². The fourth-order valence-corrected chi connectivity index (χ4v) is 8.39. The molecule has 0 unspecified atom stereocenters. The Balaban J connectivity index is 2.01. The minimum atomic E-state index is -1.74. The molecule has 0 aliphatic rings. The second-order valence-electron chi connectivity index (χ2n) is 22.0. The molecule has 0 bridgehead atoms. The summed E-state index contributed by atoms with van der Waals surface area (Å²) >= 11 is 0. The highest BCUT2D eigenvalue weighted by molar-refractivity contribution is 5.99. The first-order chi connectivity index (χ1) is 39.3. The summed E-state index contributed by atoms with van der Waals surface area (Å²) in [5.41, 5.74) is 12.3. The van der Waals surface area contributed by atoms with Gasteiger partial charge in [0.15, 0.2) is 0 Å². The molecule has 0 aliphatic carbocycles. The molecule has 0 spiro atoms. The number of rotatable bonds is 34. The Bertz CT molecular complexity index is 2720. The summed E-state index contributed by atoms with van der Waals surface area (Å²) in [5.74, 6) is -11.2. The number of H-pyrrole nitrogens is 1. The van der Waals surface area contributed by atoms with E-state index in [2.05, 4.69) is 57.8 Å². The number of benzene rings is 2. The first kappa shape index (κ1) is 69.6. The molecule has 0 saturated heterocycles. The zero-order valence-electron chi connectivity index (χ0n) is 48.7. The predicted octanol–water partition coefficient (Wildman–Crippen LogP) is -1.94. The molecule has 0 aliphatic heterocycles. The van der Waals surface area contributed by atoms with Crippen LogP contribution in [0.1, 0.15) is 105 Å². The number of aliphatic carboxylic acids is 1. The summed E-state index contributed by atoms with van der Waals surface area (Å²) in [6.45, 7) is 14.1. The number of carbonyl (C=O) groups excluding carboxylic acids is 10. The molecule has 462 valence electrons. The SMILES string of the molecule is CC(C)C[C@H](NC(=O)[C@@H](NC(=O)[C@H](Cc1ccc(O)cc1)NC(=O)[C@H](Cc1ccc(O)cc1)NC(=O)[C@H](Cc1cnc[nH]1)NC(=O)[C@@H](NC(=O)[C@H](CC(C)C)NC(=O)[C@@H](N)CCC(N)=O)[C@@H](C)O)C(C)C)C(=O)N[C@@H](C)C(=O)N[C@@H](C)C(=O)O. The van der Waals surface area contributed by atoms with Gasteiger partial charge in [-0.25, -0.2) is 4.98 Å². The van der Waals surface area contributed by atoms with E-state index < -0.39 is 137 Å². The highest BCUT2D eigenvalue weighted by Gasteiger charge is 2.37. The molecule has 0 saturated carbocycles. The number of imidazole rings is 1. The zero-order valence-corrected chi connectivity index (χ0v) is 48.7. The van der Waals surface area contributed by atoms with E-state index in [1.807, 2.05) is 0 Å². The van der Waals surface area contributed by atoms with E-state index >= 15 is 0 Å². The van der Waals surface area contributed by atoms with E-state index in [1.54, 1.807) is 41.5 Å². The summed E-state index contributed by atoms with van der Waals surface area (Å²) in [4.78, 5) is 155. The molecule has 1 aromatic heterocycles. The van der Waals surface area contributed by atoms with Crippen LogP contribution in [0.2, 0.25) is 0 Å². The molecule has 0 fully saturated rings. The number of aromatic amines is 1. The van der Waals surface area contributed by atoms with Gasteiger partial charge < -0.3 is 84.7 Å². The van der Waals surface area contributed by atoms with Crippen molar-refractivity contribution in [3.05, 3.63) is 77.9 Å². The van der Waals surface area contributed by atoms with Crippen LogP contribution < -0.4 is 59.3 Å². The standard InChI is InChI=1S/C56H83N13O15/c1-27(2)20-39(49(76)61-30(7)47(74)62-31(8)56(83)84)66-54(81)45(29(5)6)68-53(80)42(23-34-12-16-37(72)17-13-34)65-50(77)41(22-33-10-14-36(71)15-11-33)64-51(78)43(24-35-25-59-26-60-35)67-55(82)46(32(9)70)69-52(79)40(21-28(3)4)63-48(75)38(57)18-19-44(58)73/h10-17,25-32,38-43,45-46,70-72H,18-24,57H2,1-9H3,(H2,58,73)(H,59,60)(H,61,76)(H,62,74)(H,63,75)(H,64,78)(H,65,77)(H,66,81)(H,67,82)(H,68,80)(H,69,79)(H,83,84)/t30-,31-,32+,38-,39-,40-,41-,42-,43-,45-,46-/m0/s1. The van der Waals surface area contributed by atoms with Gasteiger partial charge in [-0.1, -0.05) is 65.8 Å². The van der Waals surface area contributed by atoms with Gasteiger partial charge >= 0.3 is 5.97 Å². The molecule has 1 heterocycles. The third-order valence-electron chi connectivity index (χ3n) is 13.1. The molecule has 3 rings (SSSR count). The lowest BCUT2D eigenvalue weighted by Crippen LogP contribution is -2.62. The minimum Gasteiger partial charge on any atom is -0.508 e. The minimum absolute atomic E-state index is 0.0524. The van der Waals surface area contributed by atoms with Crippen LogP contribution in [0.25, 0.3) is 0 Å². The van der Waals surface area contributed by atoms with Crippen LogP contribution >= 0.6 is 0 Å². The van der Waals surface area contributed by atoms with Crippen molar-refractivity contribution < 1.29 is 73.2 Å². The van der Waals surface area contributed by atoms with Gasteiger partial charge in [0.2, 0.25) is 59.1 Å². The quantitative estimate of drug-likeness (QED) is 0.0309. The average Bonchev–Trinajstić information content (AvgIpc) is 4.02. The summed E-state index contributed by atoms with van der Waals surface area (Å²) in [6.07, 6.45) is 0.0404. The van der Waals surface area contributed by atoms with Crippen LogP contribution in [0, 0.1) is 17.8 Å². The van der Waals surface area contributed by atoms with Crippen LogP contribution in [0.15, 0.2) is 61.1 Å². The number of nitrogens with two attached hydrogens (primary N) is 2.